The van der Waals surface area contributed by atoms with Gasteiger partial charge in [-0.25, -0.2) is 0 Å². The molecule has 2 rings (SSSR count). The average Bonchev–Trinajstić information content (AvgIpc) is 2.54. The minimum atomic E-state index is 0. The van der Waals surface area contributed by atoms with Gasteiger partial charge in [-0.2, -0.15) is 30.3 Å². The molecule has 0 aromatic heterocycles. The van der Waals surface area contributed by atoms with Gasteiger partial charge in [0, 0.05) is 52.4 Å². The summed E-state index contributed by atoms with van der Waals surface area (Å²) >= 11 is 0. The first-order valence-corrected chi connectivity index (χ1v) is 7.20. The van der Waals surface area contributed by atoms with E-state index in [4.69, 9.17) is 0 Å². The summed E-state index contributed by atoms with van der Waals surface area (Å²) < 4.78 is 0. The van der Waals surface area contributed by atoms with Gasteiger partial charge in [0.15, 0.2) is 0 Å². The Kier molecular flexibility index (Phi) is 8.30. The largest absolute Gasteiger partial charge is 0.342 e. The van der Waals surface area contributed by atoms with Gasteiger partial charge in [-0.15, -0.1) is 5.56 Å². The van der Waals surface area contributed by atoms with Crippen molar-refractivity contribution in [1.82, 2.24) is 4.90 Å². The Bertz CT molecular complexity index is 605. The Morgan fingerprint density at radius 3 is 2.27 bits per heavy atom. The van der Waals surface area contributed by atoms with Gasteiger partial charge in [0.25, 0.3) is 0 Å². The molecule has 2 aromatic carbocycles. The fourth-order valence-corrected chi connectivity index (χ4v) is 2.11. The molecule has 22 heavy (non-hydrogen) atoms. The Morgan fingerprint density at radius 2 is 1.68 bits per heavy atom. The molecule has 111 valence electrons. The Labute approximate surface area is 158 Å². The van der Waals surface area contributed by atoms with Crippen LogP contribution in [0.2, 0.25) is 0 Å². The molecular weight excluding hydrogens is 347 g/mol. The van der Waals surface area contributed by atoms with Gasteiger partial charge in [-0.1, -0.05) is 31.2 Å². The molecule has 0 heterocycles. The fourth-order valence-electron chi connectivity index (χ4n) is 2.11. The van der Waals surface area contributed by atoms with E-state index in [1.54, 1.807) is 11.0 Å². The monoisotopic (exact) mass is 367 g/mol. The molecule has 0 bridgehead atoms. The van der Waals surface area contributed by atoms with Crippen LogP contribution in [0.1, 0.15) is 18.9 Å². The van der Waals surface area contributed by atoms with Crippen LogP contribution in [0.3, 0.4) is 0 Å². The number of benzene rings is 2. The molecule has 0 saturated carbocycles. The summed E-state index contributed by atoms with van der Waals surface area (Å²) in [6.07, 6.45) is 4.46. The topological polar surface area (TPSA) is 20.3 Å². The molecule has 0 atom stereocenters. The molecule has 3 heteroatoms. The van der Waals surface area contributed by atoms with Crippen molar-refractivity contribution in [3.8, 4) is 11.1 Å². The number of carbonyl (C=O) groups excluding carboxylic acids is 1. The van der Waals surface area contributed by atoms with Gasteiger partial charge in [0.1, 0.15) is 0 Å². The summed E-state index contributed by atoms with van der Waals surface area (Å²) in [6, 6.07) is 19.1. The molecule has 0 fully saturated rings. The van der Waals surface area contributed by atoms with E-state index in [0.717, 1.165) is 24.1 Å². The van der Waals surface area contributed by atoms with E-state index in [1.807, 2.05) is 49.5 Å². The minimum Gasteiger partial charge on any atom is -0.342 e. The summed E-state index contributed by atoms with van der Waals surface area (Å²) in [7, 11) is 1.83. The van der Waals surface area contributed by atoms with Gasteiger partial charge >= 0.3 is 0 Å². The van der Waals surface area contributed by atoms with Gasteiger partial charge < -0.3 is 4.90 Å². The van der Waals surface area contributed by atoms with Crippen molar-refractivity contribution in [2.45, 2.75) is 13.3 Å². The molecule has 1 radical (unpaired) electrons. The normalized spacial score (nSPS) is 10.3. The number of amides is 1. The summed E-state index contributed by atoms with van der Waals surface area (Å²) in [5, 5.41) is 0. The number of rotatable bonds is 5. The molecule has 0 unspecified atom stereocenters. The molecular formula is C19H20NOY-. The molecule has 0 spiro atoms. The first kappa shape index (κ1) is 18.8. The maximum atomic E-state index is 11.8. The molecule has 2 nitrogen and oxygen atoms in total. The fraction of sp³-hybridized carbons (Fsp3) is 0.211. The average molecular weight is 367 g/mol. The van der Waals surface area contributed by atoms with E-state index >= 15 is 0 Å². The summed E-state index contributed by atoms with van der Waals surface area (Å²) in [6.45, 7) is 2.85. The van der Waals surface area contributed by atoms with Crippen molar-refractivity contribution in [3.05, 3.63) is 66.2 Å². The second kappa shape index (κ2) is 9.71. The van der Waals surface area contributed by atoms with Crippen LogP contribution in [0.5, 0.6) is 0 Å². The van der Waals surface area contributed by atoms with Crippen molar-refractivity contribution in [3.63, 3.8) is 0 Å². The van der Waals surface area contributed by atoms with E-state index in [-0.39, 0.29) is 38.6 Å². The summed E-state index contributed by atoms with van der Waals surface area (Å²) in [5.41, 5.74) is 3.36. The molecule has 0 aliphatic heterocycles. The predicted octanol–water partition coefficient (Wildman–Crippen LogP) is 4.03. The van der Waals surface area contributed by atoms with E-state index in [0.29, 0.717) is 0 Å². The van der Waals surface area contributed by atoms with Gasteiger partial charge in [-0.05, 0) is 23.6 Å². The third-order valence-electron chi connectivity index (χ3n) is 3.32. The summed E-state index contributed by atoms with van der Waals surface area (Å²) in [5.74, 6) is 0.0412. The smallest absolute Gasteiger partial charge is 0.246 e. The van der Waals surface area contributed by atoms with Crippen molar-refractivity contribution in [1.29, 1.82) is 0 Å². The molecule has 0 aliphatic rings. The SMILES string of the molecule is CCCN(C)C(=O)C=Cc1ccc(-c2cc[c-]cc2)cc1.[Y]. The quantitative estimate of drug-likeness (QED) is 0.577. The van der Waals surface area contributed by atoms with Crippen molar-refractivity contribution < 1.29 is 37.5 Å². The summed E-state index contributed by atoms with van der Waals surface area (Å²) in [4.78, 5) is 13.6. The van der Waals surface area contributed by atoms with Crippen LogP contribution in [0.15, 0.2) is 54.6 Å². The van der Waals surface area contributed by atoms with E-state index in [1.165, 1.54) is 5.56 Å². The maximum absolute atomic E-state index is 11.8. The zero-order valence-corrected chi connectivity index (χ0v) is 16.0. The van der Waals surface area contributed by atoms with Crippen LogP contribution in [0.25, 0.3) is 17.2 Å². The second-order valence-corrected chi connectivity index (χ2v) is 5.00. The molecule has 0 aliphatic carbocycles. The number of hydrogen-bond acceptors (Lipinski definition) is 1. The molecule has 0 saturated heterocycles. The third kappa shape index (κ3) is 5.51. The van der Waals surface area contributed by atoms with Crippen LogP contribution < -0.4 is 0 Å². The Hall–Kier alpha value is -1.25. The third-order valence-corrected chi connectivity index (χ3v) is 3.32. The number of nitrogens with zero attached hydrogens (tertiary/aromatic N) is 1. The maximum Gasteiger partial charge on any atom is 0.246 e. The molecule has 2 aromatic rings. The predicted molar refractivity (Wildman–Crippen MR) is 87.7 cm³/mol. The van der Waals surface area contributed by atoms with Crippen LogP contribution in [0.4, 0.5) is 0 Å². The van der Waals surface area contributed by atoms with E-state index in [9.17, 15) is 4.79 Å². The van der Waals surface area contributed by atoms with Crippen molar-refractivity contribution >= 4 is 12.0 Å². The van der Waals surface area contributed by atoms with Crippen LogP contribution in [-0.2, 0) is 37.5 Å². The standard InChI is InChI=1S/C19H20NO.Y/c1-3-15-20(2)19(21)14-11-16-9-12-18(13-10-16)17-7-5-4-6-8-17;/h5-14H,3,15H2,1-2H3;/q-1;. The van der Waals surface area contributed by atoms with Crippen molar-refractivity contribution in [2.75, 3.05) is 13.6 Å². The number of likely N-dealkylation sites (N-methyl/N-ethyl adjacent to an activating group) is 1. The Morgan fingerprint density at radius 1 is 1.09 bits per heavy atom. The van der Waals surface area contributed by atoms with E-state index in [2.05, 4.69) is 25.1 Å². The number of carbonyl (C=O) groups is 1. The van der Waals surface area contributed by atoms with Crippen LogP contribution in [0, 0.1) is 6.07 Å². The Balaban J connectivity index is 0.00000242. The zero-order chi connectivity index (χ0) is 15.1. The van der Waals surface area contributed by atoms with Crippen LogP contribution in [-0.4, -0.2) is 24.4 Å². The van der Waals surface area contributed by atoms with E-state index < -0.39 is 0 Å². The van der Waals surface area contributed by atoms with Gasteiger partial charge in [0.05, 0.1) is 0 Å². The molecule has 1 amide bonds. The van der Waals surface area contributed by atoms with Gasteiger partial charge in [0.2, 0.25) is 5.91 Å². The second-order valence-electron chi connectivity index (χ2n) is 5.00. The zero-order valence-electron chi connectivity index (χ0n) is 13.1. The van der Waals surface area contributed by atoms with Crippen LogP contribution >= 0.6 is 0 Å². The molecule has 0 N–H and O–H groups in total. The first-order valence-electron chi connectivity index (χ1n) is 7.20. The van der Waals surface area contributed by atoms with Gasteiger partial charge in [-0.3, -0.25) is 4.79 Å². The minimum absolute atomic E-state index is 0. The first-order chi connectivity index (χ1) is 10.2. The number of hydrogen-bond donors (Lipinski definition) is 0. The van der Waals surface area contributed by atoms with Crippen molar-refractivity contribution in [2.24, 2.45) is 0 Å².